The number of halogens is 1. The van der Waals surface area contributed by atoms with Gasteiger partial charge in [0, 0.05) is 38.8 Å². The Morgan fingerprint density at radius 2 is 1.30 bits per heavy atom. The molecule has 0 bridgehead atoms. The molecule has 4 rings (SSSR count). The molecule has 1 heterocycles. The molecule has 0 N–H and O–H groups in total. The van der Waals surface area contributed by atoms with Crippen LogP contribution < -0.4 is 0 Å². The lowest BCUT2D eigenvalue weighted by Gasteiger charge is -2.42. The second kappa shape index (κ2) is 8.47. The monoisotopic (exact) mass is 360 g/mol. The number of rotatable bonds is 5. The van der Waals surface area contributed by atoms with Crippen LogP contribution in [0.4, 0.5) is 4.39 Å². The van der Waals surface area contributed by atoms with Crippen molar-refractivity contribution in [1.82, 2.24) is 9.80 Å². The van der Waals surface area contributed by atoms with E-state index in [4.69, 9.17) is 0 Å². The van der Waals surface area contributed by atoms with Crippen molar-refractivity contribution < 1.29 is 4.39 Å². The fraction of sp³-hybridized carbons (Fsp3) is 0.250. The van der Waals surface area contributed by atoms with Gasteiger partial charge >= 0.3 is 0 Å². The Bertz CT molecular complexity index is 833. The molecule has 0 radical (unpaired) electrons. The summed E-state index contributed by atoms with van der Waals surface area (Å²) in [5, 5.41) is 0. The molecule has 3 aromatic carbocycles. The fourth-order valence-electron chi connectivity index (χ4n) is 3.87. The van der Waals surface area contributed by atoms with Crippen molar-refractivity contribution in [2.45, 2.75) is 19.1 Å². The average molecular weight is 360 g/mol. The van der Waals surface area contributed by atoms with Gasteiger partial charge in [-0.25, -0.2) is 4.39 Å². The second-order valence-electron chi connectivity index (χ2n) is 7.24. The minimum Gasteiger partial charge on any atom is -0.296 e. The highest BCUT2D eigenvalue weighted by atomic mass is 19.1. The van der Waals surface area contributed by atoms with E-state index in [1.807, 2.05) is 12.1 Å². The zero-order chi connectivity index (χ0) is 18.5. The van der Waals surface area contributed by atoms with Crippen LogP contribution in [0.25, 0.3) is 0 Å². The Kier molecular flexibility index (Phi) is 5.61. The van der Waals surface area contributed by atoms with Gasteiger partial charge in [-0.05, 0) is 28.8 Å². The lowest BCUT2D eigenvalue weighted by Crippen LogP contribution is -2.47. The van der Waals surface area contributed by atoms with Gasteiger partial charge in [0.2, 0.25) is 0 Å². The third-order valence-electron chi connectivity index (χ3n) is 5.31. The van der Waals surface area contributed by atoms with Gasteiger partial charge in [-0.15, -0.1) is 0 Å². The lowest BCUT2D eigenvalue weighted by atomic mass is 10.0. The van der Waals surface area contributed by atoms with Gasteiger partial charge in [-0.2, -0.15) is 0 Å². The van der Waals surface area contributed by atoms with Crippen LogP contribution in [0.15, 0.2) is 84.9 Å². The van der Waals surface area contributed by atoms with Crippen molar-refractivity contribution in [2.75, 3.05) is 19.6 Å². The maximum atomic E-state index is 13.4. The molecule has 2 nitrogen and oxygen atoms in total. The molecule has 1 fully saturated rings. The average Bonchev–Trinajstić information content (AvgIpc) is 2.71. The molecular weight excluding hydrogens is 335 g/mol. The lowest BCUT2D eigenvalue weighted by molar-refractivity contribution is 0.0635. The Balaban J connectivity index is 1.53. The van der Waals surface area contributed by atoms with Crippen LogP contribution in [0, 0.1) is 5.82 Å². The maximum absolute atomic E-state index is 13.4. The summed E-state index contributed by atoms with van der Waals surface area (Å²) < 4.78 is 13.4. The van der Waals surface area contributed by atoms with Gasteiger partial charge in [0.15, 0.2) is 0 Å². The predicted octanol–water partition coefficient (Wildman–Crippen LogP) is 4.88. The molecule has 0 aromatic heterocycles. The summed E-state index contributed by atoms with van der Waals surface area (Å²) in [4.78, 5) is 5.02. The first-order chi connectivity index (χ1) is 13.3. The maximum Gasteiger partial charge on any atom is 0.123 e. The van der Waals surface area contributed by atoms with Gasteiger partial charge in [0.05, 0.1) is 0 Å². The third-order valence-corrected chi connectivity index (χ3v) is 5.31. The van der Waals surface area contributed by atoms with Crippen molar-refractivity contribution in [3.63, 3.8) is 0 Å². The SMILES string of the molecule is Fc1ccc(C2CN(Cc3ccccc3)CCN2Cc2ccccc2)cc1. The van der Waals surface area contributed by atoms with E-state index in [1.54, 1.807) is 12.1 Å². The molecule has 1 aliphatic rings. The Hall–Kier alpha value is -2.49. The molecule has 1 unspecified atom stereocenters. The highest BCUT2D eigenvalue weighted by Crippen LogP contribution is 2.28. The largest absolute Gasteiger partial charge is 0.296 e. The van der Waals surface area contributed by atoms with Crippen LogP contribution in [-0.2, 0) is 13.1 Å². The molecule has 0 spiro atoms. The zero-order valence-electron chi connectivity index (χ0n) is 15.5. The Labute approximate surface area is 160 Å². The van der Waals surface area contributed by atoms with Gasteiger partial charge in [-0.3, -0.25) is 9.80 Å². The molecule has 0 amide bonds. The molecule has 1 saturated heterocycles. The van der Waals surface area contributed by atoms with Gasteiger partial charge < -0.3 is 0 Å². The van der Waals surface area contributed by atoms with Crippen LogP contribution in [0.1, 0.15) is 22.7 Å². The summed E-state index contributed by atoms with van der Waals surface area (Å²) >= 11 is 0. The molecule has 0 saturated carbocycles. The number of hydrogen-bond acceptors (Lipinski definition) is 2. The highest BCUT2D eigenvalue weighted by Gasteiger charge is 2.28. The van der Waals surface area contributed by atoms with Crippen molar-refractivity contribution in [3.8, 4) is 0 Å². The van der Waals surface area contributed by atoms with Crippen LogP contribution in [0.2, 0.25) is 0 Å². The normalized spacial score (nSPS) is 18.5. The third kappa shape index (κ3) is 4.62. The van der Waals surface area contributed by atoms with E-state index < -0.39 is 0 Å². The highest BCUT2D eigenvalue weighted by molar-refractivity contribution is 5.23. The summed E-state index contributed by atoms with van der Waals surface area (Å²) in [5.74, 6) is -0.176. The standard InChI is InChI=1S/C24H25FN2/c25-23-13-11-22(12-14-23)24-19-26(17-20-7-3-1-4-8-20)15-16-27(24)18-21-9-5-2-6-10-21/h1-14,24H,15-19H2. The van der Waals surface area contributed by atoms with Crippen LogP contribution in [0.5, 0.6) is 0 Å². The molecule has 27 heavy (non-hydrogen) atoms. The van der Waals surface area contributed by atoms with E-state index in [9.17, 15) is 4.39 Å². The van der Waals surface area contributed by atoms with E-state index in [2.05, 4.69) is 70.5 Å². The van der Waals surface area contributed by atoms with E-state index in [0.29, 0.717) is 0 Å². The van der Waals surface area contributed by atoms with E-state index >= 15 is 0 Å². The van der Waals surface area contributed by atoms with Crippen molar-refractivity contribution in [2.24, 2.45) is 0 Å². The second-order valence-corrected chi connectivity index (χ2v) is 7.24. The van der Waals surface area contributed by atoms with Crippen LogP contribution in [0.3, 0.4) is 0 Å². The van der Waals surface area contributed by atoms with Crippen molar-refractivity contribution in [3.05, 3.63) is 107 Å². The quantitative estimate of drug-likeness (QED) is 0.639. The van der Waals surface area contributed by atoms with E-state index in [0.717, 1.165) is 32.7 Å². The first-order valence-electron chi connectivity index (χ1n) is 9.58. The number of hydrogen-bond donors (Lipinski definition) is 0. The van der Waals surface area contributed by atoms with Crippen LogP contribution >= 0.6 is 0 Å². The minimum atomic E-state index is -0.176. The molecule has 3 heteroatoms. The zero-order valence-corrected chi connectivity index (χ0v) is 15.5. The molecule has 138 valence electrons. The van der Waals surface area contributed by atoms with Gasteiger partial charge in [0.25, 0.3) is 0 Å². The number of piperazine rings is 1. The molecule has 0 aliphatic carbocycles. The van der Waals surface area contributed by atoms with E-state index in [1.165, 1.54) is 16.7 Å². The fourth-order valence-corrected chi connectivity index (χ4v) is 3.87. The summed E-state index contributed by atoms with van der Waals surface area (Å²) in [7, 11) is 0. The number of nitrogens with zero attached hydrogens (tertiary/aromatic N) is 2. The van der Waals surface area contributed by atoms with Crippen molar-refractivity contribution >= 4 is 0 Å². The number of benzene rings is 3. The minimum absolute atomic E-state index is 0.176. The first-order valence-corrected chi connectivity index (χ1v) is 9.58. The smallest absolute Gasteiger partial charge is 0.123 e. The van der Waals surface area contributed by atoms with Gasteiger partial charge in [-0.1, -0.05) is 72.8 Å². The molecular formula is C24H25FN2. The van der Waals surface area contributed by atoms with Crippen LogP contribution in [-0.4, -0.2) is 29.4 Å². The van der Waals surface area contributed by atoms with Crippen molar-refractivity contribution in [1.29, 1.82) is 0 Å². The molecule has 1 atom stereocenters. The van der Waals surface area contributed by atoms with Gasteiger partial charge in [0.1, 0.15) is 5.82 Å². The molecule has 3 aromatic rings. The Morgan fingerprint density at radius 3 is 1.93 bits per heavy atom. The first kappa shape index (κ1) is 17.9. The predicted molar refractivity (Wildman–Crippen MR) is 108 cm³/mol. The molecule has 1 aliphatic heterocycles. The summed E-state index contributed by atoms with van der Waals surface area (Å²) in [5.41, 5.74) is 3.85. The Morgan fingerprint density at radius 1 is 0.704 bits per heavy atom. The summed E-state index contributed by atoms with van der Waals surface area (Å²) in [6.07, 6.45) is 0. The summed E-state index contributed by atoms with van der Waals surface area (Å²) in [6.45, 7) is 4.87. The van der Waals surface area contributed by atoms with E-state index in [-0.39, 0.29) is 11.9 Å². The summed E-state index contributed by atoms with van der Waals surface area (Å²) in [6, 6.07) is 28.5. The topological polar surface area (TPSA) is 6.48 Å².